The molecule has 0 aromatic carbocycles. The van der Waals surface area contributed by atoms with E-state index in [1.165, 1.54) is 0 Å². The Morgan fingerprint density at radius 2 is 2.24 bits per heavy atom. The second-order valence-electron chi connectivity index (χ2n) is 4.39. The molecule has 1 heterocycles. The molecule has 4 nitrogen and oxygen atoms in total. The molecule has 0 aliphatic heterocycles. The number of aryl methyl sites for hydroxylation is 1. The van der Waals surface area contributed by atoms with Crippen LogP contribution in [-0.2, 0) is 11.2 Å². The van der Waals surface area contributed by atoms with Gasteiger partial charge >= 0.3 is 0 Å². The van der Waals surface area contributed by atoms with E-state index in [-0.39, 0.29) is 5.91 Å². The Morgan fingerprint density at radius 1 is 1.47 bits per heavy atom. The Hall–Kier alpha value is -0.940. The molecule has 0 saturated carbocycles. The van der Waals surface area contributed by atoms with Crippen molar-refractivity contribution in [1.29, 1.82) is 0 Å². The number of nitrogens with one attached hydrogen (secondary N) is 1. The smallest absolute Gasteiger partial charge is 0.226 e. The van der Waals surface area contributed by atoms with E-state index in [2.05, 4.69) is 29.3 Å². The van der Waals surface area contributed by atoms with Crippen molar-refractivity contribution in [1.82, 2.24) is 15.2 Å². The molecule has 1 amide bonds. The highest BCUT2D eigenvalue weighted by Gasteiger charge is 2.05. The third-order valence-electron chi connectivity index (χ3n) is 2.36. The van der Waals surface area contributed by atoms with Gasteiger partial charge in [-0.1, -0.05) is 0 Å². The Kier molecular flexibility index (Phi) is 6.15. The van der Waals surface area contributed by atoms with Gasteiger partial charge in [0.1, 0.15) is 0 Å². The molecule has 0 aliphatic carbocycles. The molecule has 0 fully saturated rings. The first kappa shape index (κ1) is 14.1. The van der Waals surface area contributed by atoms with Crippen molar-refractivity contribution in [2.45, 2.75) is 26.2 Å². The fourth-order valence-electron chi connectivity index (χ4n) is 1.50. The summed E-state index contributed by atoms with van der Waals surface area (Å²) in [6.45, 7) is 3.78. The molecule has 0 spiro atoms. The number of thiazole rings is 1. The molecule has 0 aliphatic rings. The van der Waals surface area contributed by atoms with Gasteiger partial charge < -0.3 is 10.2 Å². The van der Waals surface area contributed by atoms with Crippen molar-refractivity contribution in [2.24, 2.45) is 0 Å². The second-order valence-corrected chi connectivity index (χ2v) is 5.46. The summed E-state index contributed by atoms with van der Waals surface area (Å²) >= 11 is 1.58. The van der Waals surface area contributed by atoms with Crippen LogP contribution in [0.2, 0.25) is 0 Å². The predicted molar refractivity (Wildman–Crippen MR) is 71.4 cm³/mol. The van der Waals surface area contributed by atoms with Gasteiger partial charge in [-0.15, -0.1) is 11.3 Å². The lowest BCUT2D eigenvalue weighted by Gasteiger charge is -2.09. The van der Waals surface area contributed by atoms with Crippen molar-refractivity contribution in [3.05, 3.63) is 16.1 Å². The number of hydrogen-bond donors (Lipinski definition) is 1. The largest absolute Gasteiger partial charge is 0.356 e. The molecule has 5 heteroatoms. The molecule has 1 aromatic rings. The molecule has 0 atom stereocenters. The van der Waals surface area contributed by atoms with E-state index in [0.29, 0.717) is 6.42 Å². The number of unbranched alkanes of at least 4 members (excludes halogenated alkanes) is 1. The highest BCUT2D eigenvalue weighted by Crippen LogP contribution is 2.08. The lowest BCUT2D eigenvalue weighted by atomic mass is 10.3. The molecular formula is C12H21N3OS. The van der Waals surface area contributed by atoms with Crippen LogP contribution >= 0.6 is 11.3 Å². The van der Waals surface area contributed by atoms with Crippen molar-refractivity contribution in [3.8, 4) is 0 Å². The summed E-state index contributed by atoms with van der Waals surface area (Å²) in [5, 5.41) is 5.88. The summed E-state index contributed by atoms with van der Waals surface area (Å²) < 4.78 is 0. The van der Waals surface area contributed by atoms with Crippen LogP contribution in [0.3, 0.4) is 0 Å². The average Bonchev–Trinajstić information content (AvgIpc) is 2.63. The van der Waals surface area contributed by atoms with Crippen LogP contribution in [0.5, 0.6) is 0 Å². The van der Waals surface area contributed by atoms with Crippen molar-refractivity contribution < 1.29 is 4.79 Å². The number of carbonyl (C=O) groups excluding carboxylic acids is 1. The number of hydrogen-bond acceptors (Lipinski definition) is 4. The molecule has 1 rings (SSSR count). The average molecular weight is 255 g/mol. The van der Waals surface area contributed by atoms with Gasteiger partial charge in [-0.3, -0.25) is 4.79 Å². The molecular weight excluding hydrogens is 234 g/mol. The number of amides is 1. The quantitative estimate of drug-likeness (QED) is 0.750. The first-order chi connectivity index (χ1) is 8.08. The van der Waals surface area contributed by atoms with Crippen LogP contribution in [0, 0.1) is 6.92 Å². The molecule has 0 radical (unpaired) electrons. The van der Waals surface area contributed by atoms with Crippen LogP contribution in [0.15, 0.2) is 5.38 Å². The second kappa shape index (κ2) is 7.40. The van der Waals surface area contributed by atoms with Crippen LogP contribution in [0.1, 0.15) is 23.5 Å². The Labute approximate surface area is 107 Å². The van der Waals surface area contributed by atoms with Crippen LogP contribution in [0.25, 0.3) is 0 Å². The molecule has 17 heavy (non-hydrogen) atoms. The number of carbonyl (C=O) groups is 1. The van der Waals surface area contributed by atoms with Crippen molar-refractivity contribution in [2.75, 3.05) is 27.2 Å². The first-order valence-electron chi connectivity index (χ1n) is 5.90. The monoisotopic (exact) mass is 255 g/mol. The molecule has 0 saturated heterocycles. The topological polar surface area (TPSA) is 45.2 Å². The maximum Gasteiger partial charge on any atom is 0.226 e. The fourth-order valence-corrected chi connectivity index (χ4v) is 2.11. The van der Waals surface area contributed by atoms with Gasteiger partial charge in [-0.2, -0.15) is 0 Å². The van der Waals surface area contributed by atoms with E-state index >= 15 is 0 Å². The van der Waals surface area contributed by atoms with E-state index in [1.807, 2.05) is 12.3 Å². The van der Waals surface area contributed by atoms with Crippen molar-refractivity contribution >= 4 is 17.2 Å². The lowest BCUT2D eigenvalue weighted by molar-refractivity contribution is -0.120. The Bertz CT molecular complexity index is 349. The van der Waals surface area contributed by atoms with Gasteiger partial charge in [0.15, 0.2) is 0 Å². The summed E-state index contributed by atoms with van der Waals surface area (Å²) in [5.41, 5.74) is 0.873. The molecule has 0 bridgehead atoms. The minimum Gasteiger partial charge on any atom is -0.356 e. The van der Waals surface area contributed by atoms with Gasteiger partial charge in [-0.05, 0) is 40.4 Å². The minimum absolute atomic E-state index is 0.0696. The third-order valence-corrected chi connectivity index (χ3v) is 3.18. The van der Waals surface area contributed by atoms with Gasteiger partial charge in [-0.25, -0.2) is 4.98 Å². The minimum atomic E-state index is 0.0696. The molecule has 0 unspecified atom stereocenters. The van der Waals surface area contributed by atoms with Crippen LogP contribution in [0.4, 0.5) is 0 Å². The van der Waals surface area contributed by atoms with E-state index in [9.17, 15) is 4.79 Å². The van der Waals surface area contributed by atoms with Gasteiger partial charge in [0, 0.05) is 11.9 Å². The first-order valence-corrected chi connectivity index (χ1v) is 6.78. The van der Waals surface area contributed by atoms with E-state index in [1.54, 1.807) is 11.3 Å². The summed E-state index contributed by atoms with van der Waals surface area (Å²) in [7, 11) is 4.12. The predicted octanol–water partition coefficient (Wildman–Crippen LogP) is 1.45. The van der Waals surface area contributed by atoms with Crippen LogP contribution < -0.4 is 5.32 Å². The molecule has 96 valence electrons. The van der Waals surface area contributed by atoms with Crippen molar-refractivity contribution in [3.63, 3.8) is 0 Å². The number of nitrogens with zero attached hydrogens (tertiary/aromatic N) is 2. The zero-order valence-electron chi connectivity index (χ0n) is 10.8. The molecule has 1 N–H and O–H groups in total. The third kappa shape index (κ3) is 6.38. The maximum absolute atomic E-state index is 11.6. The summed E-state index contributed by atoms with van der Waals surface area (Å²) in [5.74, 6) is 0.0696. The van der Waals surface area contributed by atoms with Gasteiger partial charge in [0.05, 0.1) is 17.1 Å². The number of aromatic nitrogens is 1. The normalized spacial score (nSPS) is 10.8. The Morgan fingerprint density at radius 3 is 2.82 bits per heavy atom. The fraction of sp³-hybridized carbons (Fsp3) is 0.667. The SMILES string of the molecule is Cc1nc(CC(=O)NCCCCN(C)C)cs1. The van der Waals surface area contributed by atoms with E-state index < -0.39 is 0 Å². The Balaban J connectivity index is 2.09. The van der Waals surface area contributed by atoms with Gasteiger partial charge in [0.25, 0.3) is 0 Å². The van der Waals surface area contributed by atoms with Crippen LogP contribution in [-0.4, -0.2) is 43.0 Å². The highest BCUT2D eigenvalue weighted by molar-refractivity contribution is 7.09. The summed E-state index contributed by atoms with van der Waals surface area (Å²) in [6, 6.07) is 0. The standard InChI is InChI=1S/C12H21N3OS/c1-10-14-11(9-17-10)8-12(16)13-6-4-5-7-15(2)3/h9H,4-8H2,1-3H3,(H,13,16). The molecule has 1 aromatic heterocycles. The zero-order valence-corrected chi connectivity index (χ0v) is 11.6. The zero-order chi connectivity index (χ0) is 12.7. The summed E-state index contributed by atoms with van der Waals surface area (Å²) in [6.07, 6.45) is 2.54. The van der Waals surface area contributed by atoms with E-state index in [4.69, 9.17) is 0 Å². The van der Waals surface area contributed by atoms with E-state index in [0.717, 1.165) is 36.6 Å². The maximum atomic E-state index is 11.6. The number of rotatable bonds is 7. The lowest BCUT2D eigenvalue weighted by Crippen LogP contribution is -2.26. The highest BCUT2D eigenvalue weighted by atomic mass is 32.1. The summed E-state index contributed by atoms with van der Waals surface area (Å²) in [4.78, 5) is 18.0. The van der Waals surface area contributed by atoms with Gasteiger partial charge in [0.2, 0.25) is 5.91 Å².